The lowest BCUT2D eigenvalue weighted by atomic mass is 9.94. The molecule has 0 aromatic heterocycles. The molecule has 0 aliphatic carbocycles. The molecule has 2 aromatic carbocycles. The Morgan fingerprint density at radius 2 is 1.89 bits per heavy atom. The normalized spacial score (nSPS) is 14.2. The van der Waals surface area contributed by atoms with Crippen LogP contribution in [0.4, 0.5) is 0 Å². The van der Waals surface area contributed by atoms with Gasteiger partial charge in [-0.1, -0.05) is 12.1 Å². The molecule has 5 nitrogen and oxygen atoms in total. The Balaban J connectivity index is 2.52. The van der Waals surface area contributed by atoms with Crippen molar-refractivity contribution >= 4 is 38.5 Å². The summed E-state index contributed by atoms with van der Waals surface area (Å²) >= 11 is 3.39. The number of hydroxylamine groups is 2. The summed E-state index contributed by atoms with van der Waals surface area (Å²) in [5.41, 5.74) is 0.533. The summed E-state index contributed by atoms with van der Waals surface area (Å²) in [6.07, 6.45) is 0. The number of rotatable bonds is 1. The molecule has 2 amide bonds. The van der Waals surface area contributed by atoms with Gasteiger partial charge in [0.15, 0.2) is 0 Å². The number of hydrogen-bond donors (Lipinski definition) is 1. The molecule has 0 unspecified atom stereocenters. The Labute approximate surface area is 116 Å². The van der Waals surface area contributed by atoms with Gasteiger partial charge >= 0.3 is 0 Å². The smallest absolute Gasteiger partial charge is 0.285 e. The van der Waals surface area contributed by atoms with Crippen molar-refractivity contribution in [3.05, 3.63) is 39.9 Å². The Morgan fingerprint density at radius 1 is 1.21 bits per heavy atom. The summed E-state index contributed by atoms with van der Waals surface area (Å²) in [7, 11) is 1.48. The monoisotopic (exact) mass is 321 g/mol. The van der Waals surface area contributed by atoms with Crippen molar-refractivity contribution in [1.82, 2.24) is 5.06 Å². The molecule has 0 saturated carbocycles. The second-order valence-corrected chi connectivity index (χ2v) is 4.88. The molecule has 1 heterocycles. The first kappa shape index (κ1) is 12.1. The van der Waals surface area contributed by atoms with Gasteiger partial charge in [-0.25, -0.2) is 0 Å². The number of hydrogen-bond acceptors (Lipinski definition) is 4. The summed E-state index contributed by atoms with van der Waals surface area (Å²) in [4.78, 5) is 23.9. The zero-order chi connectivity index (χ0) is 13.7. The van der Waals surface area contributed by atoms with Crippen LogP contribution in [0.15, 0.2) is 28.7 Å². The van der Waals surface area contributed by atoms with E-state index in [9.17, 15) is 14.8 Å². The van der Waals surface area contributed by atoms with Crippen molar-refractivity contribution in [3.8, 4) is 5.75 Å². The van der Waals surface area contributed by atoms with Crippen molar-refractivity contribution in [2.45, 2.75) is 0 Å². The van der Waals surface area contributed by atoms with Gasteiger partial charge in [0.1, 0.15) is 5.75 Å². The minimum absolute atomic E-state index is 0.129. The number of ether oxygens (including phenoxy) is 1. The highest BCUT2D eigenvalue weighted by Crippen LogP contribution is 2.39. The number of benzene rings is 2. The zero-order valence-corrected chi connectivity index (χ0v) is 11.4. The Morgan fingerprint density at radius 3 is 2.58 bits per heavy atom. The molecule has 0 saturated heterocycles. The van der Waals surface area contributed by atoms with Gasteiger partial charge in [-0.3, -0.25) is 14.8 Å². The lowest BCUT2D eigenvalue weighted by Crippen LogP contribution is -2.37. The molecule has 0 fully saturated rings. The maximum absolute atomic E-state index is 12.0. The van der Waals surface area contributed by atoms with E-state index in [1.165, 1.54) is 13.2 Å². The molecule has 1 aliphatic rings. The van der Waals surface area contributed by atoms with Crippen LogP contribution in [0.5, 0.6) is 5.75 Å². The van der Waals surface area contributed by atoms with Gasteiger partial charge in [0.05, 0.1) is 22.7 Å². The van der Waals surface area contributed by atoms with E-state index < -0.39 is 11.8 Å². The first-order valence-electron chi connectivity index (χ1n) is 5.43. The van der Waals surface area contributed by atoms with Crippen LogP contribution in [0.2, 0.25) is 0 Å². The lowest BCUT2D eigenvalue weighted by molar-refractivity contribution is -0.0377. The van der Waals surface area contributed by atoms with E-state index in [-0.39, 0.29) is 16.2 Å². The quantitative estimate of drug-likeness (QED) is 0.647. The predicted molar refractivity (Wildman–Crippen MR) is 70.5 cm³/mol. The molecule has 6 heteroatoms. The summed E-state index contributed by atoms with van der Waals surface area (Å²) in [5.74, 6) is -1.00. The fourth-order valence-electron chi connectivity index (χ4n) is 2.24. The number of carbonyl (C=O) groups is 2. The summed E-state index contributed by atoms with van der Waals surface area (Å²) in [5, 5.41) is 10.9. The van der Waals surface area contributed by atoms with E-state index >= 15 is 0 Å². The average Bonchev–Trinajstić information content (AvgIpc) is 2.44. The molecule has 3 rings (SSSR count). The summed E-state index contributed by atoms with van der Waals surface area (Å²) < 4.78 is 5.85. The lowest BCUT2D eigenvalue weighted by Gasteiger charge is -2.23. The van der Waals surface area contributed by atoms with Crippen LogP contribution in [0, 0.1) is 0 Å². The average molecular weight is 322 g/mol. The maximum atomic E-state index is 12.0. The van der Waals surface area contributed by atoms with Crippen LogP contribution in [-0.4, -0.2) is 29.2 Å². The third-order valence-corrected chi connectivity index (χ3v) is 3.95. The van der Waals surface area contributed by atoms with Crippen LogP contribution in [-0.2, 0) is 0 Å². The third kappa shape index (κ3) is 1.50. The number of amides is 2. The Kier molecular flexibility index (Phi) is 2.58. The van der Waals surface area contributed by atoms with E-state index in [1.807, 2.05) is 0 Å². The molecular weight excluding hydrogens is 314 g/mol. The van der Waals surface area contributed by atoms with Gasteiger partial charge < -0.3 is 4.74 Å². The second kappa shape index (κ2) is 4.04. The van der Waals surface area contributed by atoms with Gasteiger partial charge in [-0.05, 0) is 28.1 Å². The number of carbonyl (C=O) groups excluding carboxylic acids is 2. The van der Waals surface area contributed by atoms with Crippen molar-refractivity contribution in [1.29, 1.82) is 0 Å². The molecule has 0 atom stereocenters. The van der Waals surface area contributed by atoms with E-state index in [4.69, 9.17) is 4.74 Å². The summed E-state index contributed by atoms with van der Waals surface area (Å²) in [6, 6.07) is 6.55. The van der Waals surface area contributed by atoms with E-state index in [2.05, 4.69) is 15.9 Å². The number of nitrogens with zero attached hydrogens (tertiary/aromatic N) is 1. The number of imide groups is 1. The van der Waals surface area contributed by atoms with Crippen LogP contribution >= 0.6 is 15.9 Å². The summed E-state index contributed by atoms with van der Waals surface area (Å²) in [6.45, 7) is 0. The topological polar surface area (TPSA) is 66.8 Å². The van der Waals surface area contributed by atoms with Gasteiger partial charge in [0.2, 0.25) is 0 Å². The second-order valence-electron chi connectivity index (χ2n) is 4.09. The highest BCUT2D eigenvalue weighted by molar-refractivity contribution is 9.10. The predicted octanol–water partition coefficient (Wildman–Crippen LogP) is 2.60. The number of methoxy groups -OCH3 is 1. The standard InChI is InChI=1S/C13H8BrNO4/c1-19-9-5-8-10-6(11(9)14)3-2-4-7(10)12(16)15(18)13(8)17/h2-5,18H,1H3. The van der Waals surface area contributed by atoms with Crippen LogP contribution < -0.4 is 4.74 Å². The van der Waals surface area contributed by atoms with Gasteiger partial charge in [0, 0.05) is 10.8 Å². The first-order chi connectivity index (χ1) is 9.06. The molecule has 19 heavy (non-hydrogen) atoms. The van der Waals surface area contributed by atoms with Gasteiger partial charge in [-0.2, -0.15) is 0 Å². The van der Waals surface area contributed by atoms with Crippen LogP contribution in [0.25, 0.3) is 10.8 Å². The van der Waals surface area contributed by atoms with Crippen molar-refractivity contribution in [2.75, 3.05) is 7.11 Å². The molecule has 96 valence electrons. The molecule has 0 spiro atoms. The SMILES string of the molecule is COc1cc2c3c(cccc3c1Br)C(=O)N(O)C2=O. The number of halogens is 1. The highest BCUT2D eigenvalue weighted by Gasteiger charge is 2.33. The fraction of sp³-hybridized carbons (Fsp3) is 0.0769. The molecule has 0 radical (unpaired) electrons. The largest absolute Gasteiger partial charge is 0.496 e. The fourth-order valence-corrected chi connectivity index (χ4v) is 2.85. The van der Waals surface area contributed by atoms with Crippen LogP contribution in [0.1, 0.15) is 20.7 Å². The molecule has 2 aromatic rings. The first-order valence-corrected chi connectivity index (χ1v) is 6.22. The van der Waals surface area contributed by atoms with Gasteiger partial charge in [-0.15, -0.1) is 5.06 Å². The van der Waals surface area contributed by atoms with E-state index in [0.717, 1.165) is 0 Å². The molecular formula is C13H8BrNO4. The minimum atomic E-state index is -0.750. The Hall–Kier alpha value is -1.92. The maximum Gasteiger partial charge on any atom is 0.285 e. The van der Waals surface area contributed by atoms with E-state index in [1.54, 1.807) is 18.2 Å². The zero-order valence-electron chi connectivity index (χ0n) is 9.81. The molecule has 1 aliphatic heterocycles. The van der Waals surface area contributed by atoms with Gasteiger partial charge in [0.25, 0.3) is 11.8 Å². The van der Waals surface area contributed by atoms with Crippen molar-refractivity contribution < 1.29 is 19.5 Å². The molecule has 1 N–H and O–H groups in total. The minimum Gasteiger partial charge on any atom is -0.496 e. The van der Waals surface area contributed by atoms with Crippen LogP contribution in [0.3, 0.4) is 0 Å². The van der Waals surface area contributed by atoms with Crippen molar-refractivity contribution in [2.24, 2.45) is 0 Å². The molecule has 0 bridgehead atoms. The van der Waals surface area contributed by atoms with Crippen molar-refractivity contribution in [3.63, 3.8) is 0 Å². The van der Waals surface area contributed by atoms with E-state index in [0.29, 0.717) is 21.0 Å². The Bertz CT molecular complexity index is 741. The third-order valence-electron chi connectivity index (χ3n) is 3.13. The highest BCUT2D eigenvalue weighted by atomic mass is 79.9.